The number of nitrogens with one attached hydrogen (secondary N) is 1. The summed E-state index contributed by atoms with van der Waals surface area (Å²) in [6.45, 7) is 6.01. The lowest BCUT2D eigenvalue weighted by Gasteiger charge is -2.12. The molecule has 5 nitrogen and oxygen atoms in total. The molecule has 18 heavy (non-hydrogen) atoms. The summed E-state index contributed by atoms with van der Waals surface area (Å²) in [5, 5.41) is 7.41. The van der Waals surface area contributed by atoms with Crippen LogP contribution < -0.4 is 5.32 Å². The lowest BCUT2D eigenvalue weighted by Crippen LogP contribution is -2.29. The predicted octanol–water partition coefficient (Wildman–Crippen LogP) is 1.86. The molecule has 0 aliphatic carbocycles. The quantitative estimate of drug-likeness (QED) is 0.744. The van der Waals surface area contributed by atoms with Crippen molar-refractivity contribution in [3.05, 3.63) is 16.4 Å². The summed E-state index contributed by atoms with van der Waals surface area (Å²) < 4.78 is 7.44. The first kappa shape index (κ1) is 15.3. The molecule has 0 aromatic carbocycles. The highest BCUT2D eigenvalue weighted by Gasteiger charge is 2.18. The van der Waals surface area contributed by atoms with E-state index in [1.165, 1.54) is 0 Å². The maximum atomic E-state index is 12.2. The van der Waals surface area contributed by atoms with Gasteiger partial charge in [-0.3, -0.25) is 9.48 Å². The number of carbonyl (C=O) groups excluding carboxylic acids is 1. The molecule has 0 saturated heterocycles. The number of rotatable bonds is 8. The molecule has 0 amide bonds. The fourth-order valence-corrected chi connectivity index (χ4v) is 2.30. The Morgan fingerprint density at radius 1 is 1.67 bits per heavy atom. The van der Waals surface area contributed by atoms with E-state index in [4.69, 9.17) is 4.74 Å². The molecule has 1 aromatic heterocycles. The van der Waals surface area contributed by atoms with Gasteiger partial charge in [-0.25, -0.2) is 0 Å². The van der Waals surface area contributed by atoms with Gasteiger partial charge in [-0.1, -0.05) is 6.92 Å². The van der Waals surface area contributed by atoms with Crippen LogP contribution >= 0.6 is 15.9 Å². The summed E-state index contributed by atoms with van der Waals surface area (Å²) >= 11 is 3.37. The van der Waals surface area contributed by atoms with Crippen molar-refractivity contribution in [2.75, 3.05) is 20.3 Å². The zero-order valence-corrected chi connectivity index (χ0v) is 12.7. The van der Waals surface area contributed by atoms with Crippen LogP contribution in [-0.4, -0.2) is 41.9 Å². The van der Waals surface area contributed by atoms with Crippen LogP contribution in [0.2, 0.25) is 0 Å². The highest BCUT2D eigenvalue weighted by molar-refractivity contribution is 9.10. The minimum atomic E-state index is 0.0870. The number of hydrogen-bond acceptors (Lipinski definition) is 4. The first-order valence-electron chi connectivity index (χ1n) is 6.07. The number of halogens is 1. The van der Waals surface area contributed by atoms with Crippen LogP contribution in [0.5, 0.6) is 0 Å². The van der Waals surface area contributed by atoms with Crippen LogP contribution in [-0.2, 0) is 11.3 Å². The van der Waals surface area contributed by atoms with E-state index < -0.39 is 0 Å². The lowest BCUT2D eigenvalue weighted by atomic mass is 10.1. The highest BCUT2D eigenvalue weighted by Crippen LogP contribution is 2.18. The zero-order valence-electron chi connectivity index (χ0n) is 11.1. The molecular weight excluding hydrogens is 298 g/mol. The van der Waals surface area contributed by atoms with E-state index in [1.54, 1.807) is 18.0 Å². The molecule has 0 spiro atoms. The number of methoxy groups -OCH3 is 1. The monoisotopic (exact) mass is 317 g/mol. The van der Waals surface area contributed by atoms with E-state index in [1.807, 2.05) is 13.8 Å². The van der Waals surface area contributed by atoms with Crippen molar-refractivity contribution in [3.63, 3.8) is 0 Å². The number of hydrogen-bond donors (Lipinski definition) is 1. The summed E-state index contributed by atoms with van der Waals surface area (Å²) in [4.78, 5) is 12.2. The van der Waals surface area contributed by atoms with Crippen molar-refractivity contribution in [3.8, 4) is 0 Å². The van der Waals surface area contributed by atoms with Gasteiger partial charge in [0.25, 0.3) is 0 Å². The average Bonchev–Trinajstić information content (AvgIpc) is 2.68. The number of nitrogens with zero attached hydrogens (tertiary/aromatic N) is 2. The van der Waals surface area contributed by atoms with Gasteiger partial charge in [-0.2, -0.15) is 5.10 Å². The Morgan fingerprint density at radius 2 is 2.39 bits per heavy atom. The second-order valence-electron chi connectivity index (χ2n) is 4.14. The summed E-state index contributed by atoms with van der Waals surface area (Å²) in [6, 6.07) is 0.167. The lowest BCUT2D eigenvalue weighted by molar-refractivity contribution is 0.0957. The third kappa shape index (κ3) is 4.19. The van der Waals surface area contributed by atoms with Crippen molar-refractivity contribution < 1.29 is 9.53 Å². The van der Waals surface area contributed by atoms with Crippen molar-refractivity contribution in [2.24, 2.45) is 0 Å². The fourth-order valence-electron chi connectivity index (χ4n) is 1.78. The van der Waals surface area contributed by atoms with Gasteiger partial charge in [0.15, 0.2) is 5.78 Å². The van der Waals surface area contributed by atoms with Crippen LogP contribution in [0.1, 0.15) is 30.8 Å². The molecule has 1 unspecified atom stereocenters. The number of ketones is 1. The van der Waals surface area contributed by atoms with Crippen LogP contribution in [0.4, 0.5) is 0 Å². The average molecular weight is 318 g/mol. The summed E-state index contributed by atoms with van der Waals surface area (Å²) in [5.41, 5.74) is 0.622. The van der Waals surface area contributed by atoms with E-state index in [9.17, 15) is 4.79 Å². The van der Waals surface area contributed by atoms with E-state index in [-0.39, 0.29) is 11.8 Å². The minimum Gasteiger partial charge on any atom is -0.383 e. The third-order valence-electron chi connectivity index (χ3n) is 2.61. The van der Waals surface area contributed by atoms with Gasteiger partial charge in [0.1, 0.15) is 5.69 Å². The second-order valence-corrected chi connectivity index (χ2v) is 5.00. The normalized spacial score (nSPS) is 12.7. The maximum Gasteiger partial charge on any atom is 0.183 e. The van der Waals surface area contributed by atoms with Gasteiger partial charge in [-0.15, -0.1) is 0 Å². The highest BCUT2D eigenvalue weighted by atomic mass is 79.9. The molecule has 1 N–H and O–H groups in total. The molecule has 0 saturated carbocycles. The van der Waals surface area contributed by atoms with Gasteiger partial charge in [0.2, 0.25) is 0 Å². The Kier molecular flexibility index (Phi) is 6.52. The van der Waals surface area contributed by atoms with Crippen molar-refractivity contribution in [2.45, 2.75) is 32.9 Å². The molecule has 6 heteroatoms. The van der Waals surface area contributed by atoms with Crippen LogP contribution in [0.15, 0.2) is 10.7 Å². The first-order valence-corrected chi connectivity index (χ1v) is 6.86. The molecule has 0 radical (unpaired) electrons. The zero-order chi connectivity index (χ0) is 13.5. The summed E-state index contributed by atoms with van der Waals surface area (Å²) in [6.07, 6.45) is 2.12. The molecule has 0 aliphatic heterocycles. The molecule has 0 fully saturated rings. The molecule has 1 heterocycles. The Labute approximate surface area is 116 Å². The fraction of sp³-hybridized carbons (Fsp3) is 0.667. The van der Waals surface area contributed by atoms with Gasteiger partial charge >= 0.3 is 0 Å². The third-order valence-corrected chi connectivity index (χ3v) is 3.19. The predicted molar refractivity (Wildman–Crippen MR) is 73.9 cm³/mol. The van der Waals surface area contributed by atoms with E-state index in [2.05, 4.69) is 26.3 Å². The number of carbonyl (C=O) groups is 1. The molecule has 1 atom stereocenters. The maximum absolute atomic E-state index is 12.2. The van der Waals surface area contributed by atoms with E-state index in [0.29, 0.717) is 25.3 Å². The molecule has 1 aromatic rings. The van der Waals surface area contributed by atoms with Crippen molar-refractivity contribution in [1.29, 1.82) is 0 Å². The number of aromatic nitrogens is 2. The summed E-state index contributed by atoms with van der Waals surface area (Å²) in [5.74, 6) is 0.0870. The van der Waals surface area contributed by atoms with Crippen LogP contribution in [0.3, 0.4) is 0 Å². The Balaban J connectivity index is 2.74. The van der Waals surface area contributed by atoms with Crippen molar-refractivity contribution in [1.82, 2.24) is 15.1 Å². The van der Waals surface area contributed by atoms with Gasteiger partial charge in [0.05, 0.1) is 23.8 Å². The Bertz CT molecular complexity index is 393. The molecular formula is C12H20BrN3O2. The number of Topliss-reactive ketones (excluding diaryl/α,β-unsaturated/α-hetero) is 1. The molecule has 0 bridgehead atoms. The smallest absolute Gasteiger partial charge is 0.183 e. The second kappa shape index (κ2) is 7.66. The number of ether oxygens (including phenoxy) is 1. The standard InChI is InChI=1S/C12H20BrN3O2/c1-4-14-9(2)7-11(17)12-10(13)8-15-16(12)5-6-18-3/h8-9,14H,4-7H2,1-3H3. The molecule has 0 aliphatic rings. The van der Waals surface area contributed by atoms with E-state index >= 15 is 0 Å². The van der Waals surface area contributed by atoms with Crippen LogP contribution in [0.25, 0.3) is 0 Å². The first-order chi connectivity index (χ1) is 8.60. The largest absolute Gasteiger partial charge is 0.383 e. The van der Waals surface area contributed by atoms with Gasteiger partial charge in [0, 0.05) is 19.6 Å². The Hall–Kier alpha value is -0.720. The SMILES string of the molecule is CCNC(C)CC(=O)c1c(Br)cnn1CCOC. The van der Waals surface area contributed by atoms with Gasteiger partial charge < -0.3 is 10.1 Å². The topological polar surface area (TPSA) is 56.2 Å². The summed E-state index contributed by atoms with van der Waals surface area (Å²) in [7, 11) is 1.63. The minimum absolute atomic E-state index is 0.0870. The van der Waals surface area contributed by atoms with E-state index in [0.717, 1.165) is 11.0 Å². The van der Waals surface area contributed by atoms with Gasteiger partial charge in [-0.05, 0) is 29.4 Å². The van der Waals surface area contributed by atoms with Crippen molar-refractivity contribution >= 4 is 21.7 Å². The van der Waals surface area contributed by atoms with Crippen LogP contribution in [0, 0.1) is 0 Å². The molecule has 1 rings (SSSR count). The molecule has 102 valence electrons. The Morgan fingerprint density at radius 3 is 3.00 bits per heavy atom.